The molecule has 3 aromatic heterocycles. The molecule has 5 heteroatoms. The molecule has 5 nitrogen and oxygen atoms in total. The average Bonchev–Trinajstić information content (AvgIpc) is 3.25. The Balaban J connectivity index is 1.53. The number of anilines is 2. The lowest BCUT2D eigenvalue weighted by atomic mass is 10.2. The monoisotopic (exact) mass is 279 g/mol. The van der Waals surface area contributed by atoms with Crippen molar-refractivity contribution < 1.29 is 0 Å². The van der Waals surface area contributed by atoms with Crippen LogP contribution in [0.1, 0.15) is 30.0 Å². The predicted molar refractivity (Wildman–Crippen MR) is 83.1 cm³/mol. The van der Waals surface area contributed by atoms with Crippen LogP contribution in [-0.2, 0) is 6.54 Å². The first-order valence-corrected chi connectivity index (χ1v) is 7.21. The molecule has 4 rings (SSSR count). The second-order valence-electron chi connectivity index (χ2n) is 5.56. The van der Waals surface area contributed by atoms with E-state index in [0.29, 0.717) is 12.4 Å². The van der Waals surface area contributed by atoms with Gasteiger partial charge in [0, 0.05) is 30.3 Å². The summed E-state index contributed by atoms with van der Waals surface area (Å²) in [4.78, 5) is 8.60. The Morgan fingerprint density at radius 2 is 2.14 bits per heavy atom. The SMILES string of the molecule is Nc1cc(NCc2cn3cc(C4CC4)ccc3n2)ccn1. The summed E-state index contributed by atoms with van der Waals surface area (Å²) in [6.07, 6.45) is 8.62. The number of aromatic nitrogens is 3. The summed E-state index contributed by atoms with van der Waals surface area (Å²) in [5.74, 6) is 1.28. The molecule has 106 valence electrons. The zero-order chi connectivity index (χ0) is 14.2. The molecule has 0 aromatic carbocycles. The van der Waals surface area contributed by atoms with Crippen molar-refractivity contribution in [3.05, 3.63) is 54.1 Å². The molecule has 0 spiro atoms. The highest BCUT2D eigenvalue weighted by molar-refractivity contribution is 5.50. The molecule has 1 aliphatic carbocycles. The third-order valence-corrected chi connectivity index (χ3v) is 3.83. The number of nitrogens with one attached hydrogen (secondary N) is 1. The van der Waals surface area contributed by atoms with E-state index in [2.05, 4.69) is 44.2 Å². The number of hydrogen-bond acceptors (Lipinski definition) is 4. The van der Waals surface area contributed by atoms with E-state index in [0.717, 1.165) is 22.9 Å². The van der Waals surface area contributed by atoms with Crippen LogP contribution in [-0.4, -0.2) is 14.4 Å². The van der Waals surface area contributed by atoms with Crippen molar-refractivity contribution in [2.24, 2.45) is 0 Å². The van der Waals surface area contributed by atoms with Crippen molar-refractivity contribution in [3.8, 4) is 0 Å². The molecule has 0 atom stereocenters. The van der Waals surface area contributed by atoms with Gasteiger partial charge in [-0.1, -0.05) is 6.07 Å². The fourth-order valence-corrected chi connectivity index (χ4v) is 2.56. The van der Waals surface area contributed by atoms with E-state index in [9.17, 15) is 0 Å². The van der Waals surface area contributed by atoms with Gasteiger partial charge < -0.3 is 15.5 Å². The highest BCUT2D eigenvalue weighted by atomic mass is 15.0. The molecule has 0 radical (unpaired) electrons. The second kappa shape index (κ2) is 4.77. The van der Waals surface area contributed by atoms with Gasteiger partial charge in [0.2, 0.25) is 0 Å². The van der Waals surface area contributed by atoms with E-state index in [-0.39, 0.29) is 0 Å². The van der Waals surface area contributed by atoms with Crippen molar-refractivity contribution in [3.63, 3.8) is 0 Å². The summed E-state index contributed by atoms with van der Waals surface area (Å²) in [5.41, 5.74) is 10.0. The maximum Gasteiger partial charge on any atom is 0.137 e. The number of nitrogens with two attached hydrogens (primary N) is 1. The van der Waals surface area contributed by atoms with Gasteiger partial charge in [-0.15, -0.1) is 0 Å². The maximum absolute atomic E-state index is 5.67. The van der Waals surface area contributed by atoms with Crippen LogP contribution in [0.15, 0.2) is 42.9 Å². The molecule has 1 fully saturated rings. The van der Waals surface area contributed by atoms with E-state index >= 15 is 0 Å². The standard InChI is InChI=1S/C16H17N5/c17-15-7-13(5-6-18-15)19-8-14-10-21-9-12(11-1-2-11)3-4-16(21)20-14/h3-7,9-11H,1-2,8H2,(H3,17,18,19). The van der Waals surface area contributed by atoms with Gasteiger partial charge in [0.1, 0.15) is 11.5 Å². The number of nitrogens with zero attached hydrogens (tertiary/aromatic N) is 3. The van der Waals surface area contributed by atoms with Gasteiger partial charge >= 0.3 is 0 Å². The molecule has 3 aromatic rings. The smallest absolute Gasteiger partial charge is 0.137 e. The number of hydrogen-bond donors (Lipinski definition) is 2. The Kier molecular flexibility index (Phi) is 2.77. The minimum Gasteiger partial charge on any atom is -0.384 e. The summed E-state index contributed by atoms with van der Waals surface area (Å²) in [6, 6.07) is 8.01. The summed E-state index contributed by atoms with van der Waals surface area (Å²) < 4.78 is 2.12. The number of pyridine rings is 2. The van der Waals surface area contributed by atoms with E-state index in [4.69, 9.17) is 5.73 Å². The topological polar surface area (TPSA) is 68.2 Å². The van der Waals surface area contributed by atoms with Crippen LogP contribution in [0.2, 0.25) is 0 Å². The minimum atomic E-state index is 0.518. The second-order valence-corrected chi connectivity index (χ2v) is 5.56. The van der Waals surface area contributed by atoms with E-state index < -0.39 is 0 Å². The van der Waals surface area contributed by atoms with Crippen LogP contribution in [0.5, 0.6) is 0 Å². The summed E-state index contributed by atoms with van der Waals surface area (Å²) >= 11 is 0. The first kappa shape index (κ1) is 12.2. The number of rotatable bonds is 4. The highest BCUT2D eigenvalue weighted by Crippen LogP contribution is 2.39. The van der Waals surface area contributed by atoms with Gasteiger partial charge in [0.05, 0.1) is 12.2 Å². The van der Waals surface area contributed by atoms with E-state index in [1.54, 1.807) is 6.20 Å². The largest absolute Gasteiger partial charge is 0.384 e. The average molecular weight is 279 g/mol. The molecule has 1 saturated carbocycles. The van der Waals surface area contributed by atoms with Gasteiger partial charge in [-0.25, -0.2) is 9.97 Å². The number of imidazole rings is 1. The van der Waals surface area contributed by atoms with Crippen LogP contribution in [0.4, 0.5) is 11.5 Å². The fourth-order valence-electron chi connectivity index (χ4n) is 2.56. The predicted octanol–water partition coefficient (Wildman–Crippen LogP) is 2.80. The van der Waals surface area contributed by atoms with Crippen LogP contribution in [0, 0.1) is 0 Å². The molecule has 1 aliphatic rings. The lowest BCUT2D eigenvalue weighted by Gasteiger charge is -2.03. The van der Waals surface area contributed by atoms with Crippen LogP contribution < -0.4 is 11.1 Å². The zero-order valence-corrected chi connectivity index (χ0v) is 11.7. The normalized spacial score (nSPS) is 14.5. The summed E-state index contributed by atoms with van der Waals surface area (Å²) in [5, 5.41) is 3.32. The van der Waals surface area contributed by atoms with Crippen LogP contribution in [0.3, 0.4) is 0 Å². The van der Waals surface area contributed by atoms with E-state index in [1.165, 1.54) is 18.4 Å². The quantitative estimate of drug-likeness (QED) is 0.770. The van der Waals surface area contributed by atoms with Crippen molar-refractivity contribution in [2.75, 3.05) is 11.1 Å². The molecule has 0 unspecified atom stereocenters. The molecule has 0 bridgehead atoms. The van der Waals surface area contributed by atoms with Crippen molar-refractivity contribution >= 4 is 17.2 Å². The molecular weight excluding hydrogens is 262 g/mol. The third kappa shape index (κ3) is 2.54. The lowest BCUT2D eigenvalue weighted by molar-refractivity contribution is 1.05. The first-order chi connectivity index (χ1) is 10.3. The third-order valence-electron chi connectivity index (χ3n) is 3.83. The van der Waals surface area contributed by atoms with Crippen LogP contribution >= 0.6 is 0 Å². The molecule has 3 heterocycles. The number of fused-ring (bicyclic) bond motifs is 1. The Labute approximate surface area is 122 Å². The van der Waals surface area contributed by atoms with Gasteiger partial charge in [0.25, 0.3) is 0 Å². The maximum atomic E-state index is 5.67. The summed E-state index contributed by atoms with van der Waals surface area (Å²) in [6.45, 7) is 0.671. The lowest BCUT2D eigenvalue weighted by Crippen LogP contribution is -2.00. The van der Waals surface area contributed by atoms with E-state index in [1.807, 2.05) is 12.1 Å². The molecule has 3 N–H and O–H groups in total. The molecule has 21 heavy (non-hydrogen) atoms. The van der Waals surface area contributed by atoms with Gasteiger partial charge in [-0.3, -0.25) is 0 Å². The van der Waals surface area contributed by atoms with Crippen molar-refractivity contribution in [2.45, 2.75) is 25.3 Å². The van der Waals surface area contributed by atoms with Crippen LogP contribution in [0.25, 0.3) is 5.65 Å². The van der Waals surface area contributed by atoms with Crippen molar-refractivity contribution in [1.29, 1.82) is 0 Å². The highest BCUT2D eigenvalue weighted by Gasteiger charge is 2.23. The number of nitrogen functional groups attached to an aromatic ring is 1. The zero-order valence-electron chi connectivity index (χ0n) is 11.7. The molecular formula is C16H17N5. The Hall–Kier alpha value is -2.56. The molecule has 0 amide bonds. The first-order valence-electron chi connectivity index (χ1n) is 7.21. The van der Waals surface area contributed by atoms with Crippen molar-refractivity contribution in [1.82, 2.24) is 14.4 Å². The minimum absolute atomic E-state index is 0.518. The fraction of sp³-hybridized carbons (Fsp3) is 0.250. The summed E-state index contributed by atoms with van der Waals surface area (Å²) in [7, 11) is 0. The van der Waals surface area contributed by atoms with Gasteiger partial charge in [-0.05, 0) is 36.5 Å². The van der Waals surface area contributed by atoms with Gasteiger partial charge in [-0.2, -0.15) is 0 Å². The Morgan fingerprint density at radius 3 is 2.95 bits per heavy atom. The molecule has 0 saturated heterocycles. The Morgan fingerprint density at radius 1 is 1.24 bits per heavy atom. The molecule has 0 aliphatic heterocycles. The van der Waals surface area contributed by atoms with Gasteiger partial charge in [0.15, 0.2) is 0 Å². The Bertz CT molecular complexity index is 788.